The summed E-state index contributed by atoms with van der Waals surface area (Å²) >= 11 is 0. The highest BCUT2D eigenvalue weighted by Crippen LogP contribution is 2.29. The third-order valence-corrected chi connectivity index (χ3v) is 3.93. The van der Waals surface area contributed by atoms with Crippen molar-refractivity contribution >= 4 is 21.8 Å². The first-order valence-electron chi connectivity index (χ1n) is 7.02. The van der Waals surface area contributed by atoms with Crippen LogP contribution in [0.1, 0.15) is 5.56 Å². The zero-order valence-electron chi connectivity index (χ0n) is 12.7. The van der Waals surface area contributed by atoms with Crippen LogP contribution in [-0.4, -0.2) is 14.8 Å². The molecule has 2 aromatic carbocycles. The predicted octanol–water partition coefficient (Wildman–Crippen LogP) is 4.26. The summed E-state index contributed by atoms with van der Waals surface area (Å²) in [5.41, 5.74) is 5.25. The lowest BCUT2D eigenvalue weighted by Crippen LogP contribution is -1.90. The number of rotatable bonds is 1. The van der Waals surface area contributed by atoms with Crippen molar-refractivity contribution in [2.75, 3.05) is 0 Å². The molecule has 4 rings (SSSR count). The SMILES string of the molecule is Cc1cccc2c1c(-c1ccc3ccccc3n1)nn2C.N. The Labute approximate surface area is 129 Å². The van der Waals surface area contributed by atoms with Crippen molar-refractivity contribution in [3.63, 3.8) is 0 Å². The standard InChI is InChI=1S/C18H15N3.H3N/c1-12-6-5-9-16-17(12)18(20-21(16)2)15-11-10-13-7-3-4-8-14(13)19-15;/h3-11H,1-2H3;1H3. The maximum atomic E-state index is 4.77. The first-order chi connectivity index (χ1) is 10.2. The number of pyridine rings is 1. The van der Waals surface area contributed by atoms with Gasteiger partial charge in [-0.25, -0.2) is 4.98 Å². The van der Waals surface area contributed by atoms with E-state index in [-0.39, 0.29) is 6.15 Å². The Balaban J connectivity index is 0.00000144. The molecule has 0 amide bonds. The summed E-state index contributed by atoms with van der Waals surface area (Å²) < 4.78 is 1.93. The molecule has 2 aromatic heterocycles. The molecule has 3 N–H and O–H groups in total. The van der Waals surface area contributed by atoms with E-state index >= 15 is 0 Å². The average molecular weight is 290 g/mol. The van der Waals surface area contributed by atoms with Crippen LogP contribution in [0.25, 0.3) is 33.2 Å². The zero-order chi connectivity index (χ0) is 14.4. The number of benzene rings is 2. The van der Waals surface area contributed by atoms with E-state index in [4.69, 9.17) is 4.98 Å². The van der Waals surface area contributed by atoms with Gasteiger partial charge in [-0.2, -0.15) is 5.10 Å². The number of hydrogen-bond acceptors (Lipinski definition) is 3. The molecule has 0 aliphatic rings. The molecule has 0 fully saturated rings. The maximum Gasteiger partial charge on any atom is 0.119 e. The fraction of sp³-hybridized carbons (Fsp3) is 0.111. The largest absolute Gasteiger partial charge is 0.344 e. The molecule has 4 aromatic rings. The molecule has 0 aliphatic heterocycles. The van der Waals surface area contributed by atoms with Crippen molar-refractivity contribution in [2.24, 2.45) is 7.05 Å². The van der Waals surface area contributed by atoms with Gasteiger partial charge in [0.05, 0.1) is 16.7 Å². The zero-order valence-corrected chi connectivity index (χ0v) is 12.7. The Morgan fingerprint density at radius 2 is 1.73 bits per heavy atom. The quantitative estimate of drug-likeness (QED) is 0.569. The third-order valence-electron chi connectivity index (χ3n) is 3.93. The summed E-state index contributed by atoms with van der Waals surface area (Å²) in [4.78, 5) is 4.77. The van der Waals surface area contributed by atoms with Crippen LogP contribution in [0, 0.1) is 6.92 Å². The minimum Gasteiger partial charge on any atom is -0.344 e. The second-order valence-corrected chi connectivity index (χ2v) is 5.33. The Morgan fingerprint density at radius 1 is 0.909 bits per heavy atom. The van der Waals surface area contributed by atoms with Crippen LogP contribution in [0.3, 0.4) is 0 Å². The number of nitrogens with zero attached hydrogens (tertiary/aromatic N) is 3. The van der Waals surface area contributed by atoms with Crippen LogP contribution in [0.4, 0.5) is 0 Å². The molecule has 22 heavy (non-hydrogen) atoms. The molecule has 0 atom stereocenters. The van der Waals surface area contributed by atoms with E-state index in [0.29, 0.717) is 0 Å². The van der Waals surface area contributed by atoms with E-state index in [0.717, 1.165) is 27.8 Å². The number of aromatic nitrogens is 3. The van der Waals surface area contributed by atoms with Gasteiger partial charge in [0.25, 0.3) is 0 Å². The van der Waals surface area contributed by atoms with E-state index in [9.17, 15) is 0 Å². The van der Waals surface area contributed by atoms with Crippen molar-refractivity contribution in [2.45, 2.75) is 6.92 Å². The fourth-order valence-electron chi connectivity index (χ4n) is 2.86. The Morgan fingerprint density at radius 3 is 2.59 bits per heavy atom. The Bertz CT molecular complexity index is 969. The van der Waals surface area contributed by atoms with Gasteiger partial charge < -0.3 is 6.15 Å². The molecule has 0 saturated carbocycles. The van der Waals surface area contributed by atoms with Crippen LogP contribution in [-0.2, 0) is 7.05 Å². The molecule has 0 spiro atoms. The third kappa shape index (κ3) is 2.05. The number of para-hydroxylation sites is 1. The fourth-order valence-corrected chi connectivity index (χ4v) is 2.86. The summed E-state index contributed by atoms with van der Waals surface area (Å²) in [5, 5.41) is 7.02. The maximum absolute atomic E-state index is 4.77. The van der Waals surface area contributed by atoms with Crippen molar-refractivity contribution in [1.29, 1.82) is 0 Å². The van der Waals surface area contributed by atoms with E-state index in [1.807, 2.05) is 29.9 Å². The van der Waals surface area contributed by atoms with Crippen molar-refractivity contribution < 1.29 is 0 Å². The van der Waals surface area contributed by atoms with Crippen LogP contribution >= 0.6 is 0 Å². The van der Waals surface area contributed by atoms with Gasteiger partial charge in [-0.1, -0.05) is 36.4 Å². The molecule has 4 heteroatoms. The summed E-state index contributed by atoms with van der Waals surface area (Å²) in [6.45, 7) is 2.12. The molecular formula is C18H18N4. The van der Waals surface area contributed by atoms with Gasteiger partial charge in [0.15, 0.2) is 0 Å². The summed E-state index contributed by atoms with van der Waals surface area (Å²) in [6.07, 6.45) is 0. The monoisotopic (exact) mass is 290 g/mol. The minimum absolute atomic E-state index is 0. The molecule has 4 nitrogen and oxygen atoms in total. The first kappa shape index (κ1) is 14.2. The van der Waals surface area contributed by atoms with Crippen LogP contribution in [0.2, 0.25) is 0 Å². The molecule has 110 valence electrons. The first-order valence-corrected chi connectivity index (χ1v) is 7.02. The lowest BCUT2D eigenvalue weighted by molar-refractivity contribution is 0.799. The second-order valence-electron chi connectivity index (χ2n) is 5.33. The highest BCUT2D eigenvalue weighted by molar-refractivity contribution is 5.96. The number of aryl methyl sites for hydroxylation is 2. The molecule has 0 aliphatic carbocycles. The normalized spacial score (nSPS) is 10.8. The summed E-state index contributed by atoms with van der Waals surface area (Å²) in [6, 6.07) is 18.6. The van der Waals surface area contributed by atoms with Gasteiger partial charge >= 0.3 is 0 Å². The van der Waals surface area contributed by atoms with E-state index < -0.39 is 0 Å². The van der Waals surface area contributed by atoms with Gasteiger partial charge in [-0.15, -0.1) is 0 Å². The van der Waals surface area contributed by atoms with Gasteiger partial charge in [0, 0.05) is 17.8 Å². The topological polar surface area (TPSA) is 65.7 Å². The van der Waals surface area contributed by atoms with Crippen molar-refractivity contribution in [1.82, 2.24) is 20.9 Å². The summed E-state index contributed by atoms with van der Waals surface area (Å²) in [7, 11) is 1.98. The van der Waals surface area contributed by atoms with Crippen LogP contribution in [0.5, 0.6) is 0 Å². The lowest BCUT2D eigenvalue weighted by atomic mass is 10.1. The van der Waals surface area contributed by atoms with Gasteiger partial charge in [-0.05, 0) is 30.7 Å². The molecule has 2 heterocycles. The van der Waals surface area contributed by atoms with Crippen LogP contribution in [0.15, 0.2) is 54.6 Å². The minimum atomic E-state index is 0. The summed E-state index contributed by atoms with van der Waals surface area (Å²) in [5.74, 6) is 0. The lowest BCUT2D eigenvalue weighted by Gasteiger charge is -2.02. The van der Waals surface area contributed by atoms with E-state index in [1.54, 1.807) is 0 Å². The molecular weight excluding hydrogens is 272 g/mol. The van der Waals surface area contributed by atoms with Crippen molar-refractivity contribution in [3.05, 3.63) is 60.2 Å². The predicted molar refractivity (Wildman–Crippen MR) is 91.2 cm³/mol. The molecule has 0 bridgehead atoms. The van der Waals surface area contributed by atoms with E-state index in [2.05, 4.69) is 48.4 Å². The highest BCUT2D eigenvalue weighted by Gasteiger charge is 2.13. The van der Waals surface area contributed by atoms with Gasteiger partial charge in [0.1, 0.15) is 5.69 Å². The average Bonchev–Trinajstić information content (AvgIpc) is 2.86. The number of hydrogen-bond donors (Lipinski definition) is 1. The second kappa shape index (κ2) is 5.24. The van der Waals surface area contributed by atoms with Gasteiger partial charge in [0.2, 0.25) is 0 Å². The van der Waals surface area contributed by atoms with Crippen LogP contribution < -0.4 is 6.15 Å². The molecule has 0 saturated heterocycles. The van der Waals surface area contributed by atoms with Gasteiger partial charge in [-0.3, -0.25) is 4.68 Å². The smallest absolute Gasteiger partial charge is 0.119 e. The molecule has 0 radical (unpaired) electrons. The molecule has 0 unspecified atom stereocenters. The number of fused-ring (bicyclic) bond motifs is 2. The van der Waals surface area contributed by atoms with E-state index in [1.165, 1.54) is 10.9 Å². The van der Waals surface area contributed by atoms with Crippen molar-refractivity contribution in [3.8, 4) is 11.4 Å². The highest BCUT2D eigenvalue weighted by atomic mass is 15.3. The Hall–Kier alpha value is -2.72. The Kier molecular flexibility index (Phi) is 3.39.